The van der Waals surface area contributed by atoms with E-state index in [1.54, 1.807) is 36.9 Å². The molecule has 0 aliphatic heterocycles. The average Bonchev–Trinajstić information content (AvgIpc) is 3.17. The van der Waals surface area contributed by atoms with E-state index in [2.05, 4.69) is 15.0 Å². The van der Waals surface area contributed by atoms with Crippen LogP contribution in [-0.4, -0.2) is 19.5 Å². The van der Waals surface area contributed by atoms with Crippen molar-refractivity contribution in [2.45, 2.75) is 19.4 Å². The molecule has 0 saturated carbocycles. The van der Waals surface area contributed by atoms with E-state index in [1.807, 2.05) is 29.7 Å². The second kappa shape index (κ2) is 6.55. The Bertz CT molecular complexity index is 1120. The van der Waals surface area contributed by atoms with Gasteiger partial charge in [0.1, 0.15) is 11.5 Å². The van der Waals surface area contributed by atoms with Crippen LogP contribution < -0.4 is 5.56 Å². The highest BCUT2D eigenvalue weighted by atomic mass is 19.1. The Labute approximate surface area is 149 Å². The lowest BCUT2D eigenvalue weighted by atomic mass is 9.97. The van der Waals surface area contributed by atoms with E-state index < -0.39 is 6.04 Å². The van der Waals surface area contributed by atoms with Crippen molar-refractivity contribution in [3.05, 3.63) is 94.2 Å². The first-order chi connectivity index (χ1) is 12.7. The number of aromatic nitrogens is 4. The third-order valence-corrected chi connectivity index (χ3v) is 4.46. The number of nitrogens with zero attached hydrogens (tertiary/aromatic N) is 3. The summed E-state index contributed by atoms with van der Waals surface area (Å²) >= 11 is 0. The number of fused-ring (bicyclic) bond motifs is 1. The van der Waals surface area contributed by atoms with Gasteiger partial charge in [0, 0.05) is 18.0 Å². The number of imidazole rings is 1. The predicted molar refractivity (Wildman–Crippen MR) is 97.6 cm³/mol. The van der Waals surface area contributed by atoms with Crippen molar-refractivity contribution in [1.82, 2.24) is 19.5 Å². The van der Waals surface area contributed by atoms with Crippen LogP contribution >= 0.6 is 0 Å². The Morgan fingerprint density at radius 2 is 2.08 bits per heavy atom. The number of hydrogen-bond donors (Lipinski definition) is 1. The van der Waals surface area contributed by atoms with Crippen LogP contribution in [0.15, 0.2) is 66.0 Å². The number of hydrogen-bond acceptors (Lipinski definition) is 3. The molecule has 0 saturated heterocycles. The van der Waals surface area contributed by atoms with Crippen LogP contribution in [0.3, 0.4) is 0 Å². The number of nitrogens with one attached hydrogen (secondary N) is 1. The van der Waals surface area contributed by atoms with Crippen LogP contribution in [0.4, 0.5) is 4.39 Å². The summed E-state index contributed by atoms with van der Waals surface area (Å²) in [5.41, 5.74) is 3.02. The Morgan fingerprint density at radius 3 is 2.81 bits per heavy atom. The van der Waals surface area contributed by atoms with E-state index in [0.29, 0.717) is 28.7 Å². The predicted octanol–water partition coefficient (Wildman–Crippen LogP) is 3.46. The highest BCUT2D eigenvalue weighted by molar-refractivity contribution is 5.75. The molecule has 2 aromatic heterocycles. The summed E-state index contributed by atoms with van der Waals surface area (Å²) in [6, 6.07) is 11.9. The molecule has 26 heavy (non-hydrogen) atoms. The van der Waals surface area contributed by atoms with Crippen LogP contribution in [0, 0.1) is 5.82 Å². The minimum Gasteiger partial charge on any atom is -0.326 e. The molecule has 0 aliphatic rings. The lowest BCUT2D eigenvalue weighted by Crippen LogP contribution is -2.16. The molecule has 6 heteroatoms. The molecular formula is C20H17FN4O. The van der Waals surface area contributed by atoms with Gasteiger partial charge in [-0.3, -0.25) is 4.79 Å². The van der Waals surface area contributed by atoms with Crippen molar-refractivity contribution in [2.75, 3.05) is 0 Å². The number of halogens is 1. The summed E-state index contributed by atoms with van der Waals surface area (Å²) in [5, 5.41) is 0. The van der Waals surface area contributed by atoms with E-state index in [1.165, 1.54) is 6.07 Å². The summed E-state index contributed by atoms with van der Waals surface area (Å²) in [5.74, 6) is -0.292. The van der Waals surface area contributed by atoms with Crippen molar-refractivity contribution in [2.24, 2.45) is 0 Å². The van der Waals surface area contributed by atoms with Gasteiger partial charge in [-0.1, -0.05) is 31.2 Å². The van der Waals surface area contributed by atoms with Gasteiger partial charge in [-0.05, 0) is 30.2 Å². The van der Waals surface area contributed by atoms with Gasteiger partial charge in [-0.15, -0.1) is 0 Å². The maximum absolute atomic E-state index is 14.5. The number of H-pyrrole nitrogens is 1. The monoisotopic (exact) mass is 348 g/mol. The third kappa shape index (κ3) is 2.79. The Kier molecular flexibility index (Phi) is 4.08. The lowest BCUT2D eigenvalue weighted by molar-refractivity contribution is 0.572. The number of aryl methyl sites for hydroxylation is 1. The summed E-state index contributed by atoms with van der Waals surface area (Å²) in [4.78, 5) is 23.5. The van der Waals surface area contributed by atoms with Gasteiger partial charge in [0.2, 0.25) is 0 Å². The minimum absolute atomic E-state index is 0.192. The smallest absolute Gasteiger partial charge is 0.270 e. The standard InChI is InChI=1S/C20H17FN4O/c1-2-16-20(26)24-18-11-13(7-8-17(18)23-16)19(25-10-9-22-12-25)14-5-3-4-6-15(14)21/h3-12,19H,2H2,1H3,(H,24,26). The fraction of sp³-hybridized carbons (Fsp3) is 0.150. The van der Waals surface area contributed by atoms with Crippen molar-refractivity contribution in [3.8, 4) is 0 Å². The highest BCUT2D eigenvalue weighted by Gasteiger charge is 2.20. The molecular weight excluding hydrogens is 331 g/mol. The van der Waals surface area contributed by atoms with Gasteiger partial charge in [0.15, 0.2) is 0 Å². The first-order valence-corrected chi connectivity index (χ1v) is 8.42. The molecule has 1 unspecified atom stereocenters. The molecule has 0 radical (unpaired) electrons. The molecule has 0 aliphatic carbocycles. The first-order valence-electron chi connectivity index (χ1n) is 8.42. The van der Waals surface area contributed by atoms with Crippen molar-refractivity contribution < 1.29 is 4.39 Å². The molecule has 0 fully saturated rings. The maximum Gasteiger partial charge on any atom is 0.270 e. The molecule has 0 bridgehead atoms. The molecule has 5 nitrogen and oxygen atoms in total. The molecule has 1 N–H and O–H groups in total. The maximum atomic E-state index is 14.5. The van der Waals surface area contributed by atoms with Crippen molar-refractivity contribution >= 4 is 11.0 Å². The van der Waals surface area contributed by atoms with Crippen LogP contribution in [0.1, 0.15) is 29.8 Å². The molecule has 4 rings (SSSR count). The molecule has 130 valence electrons. The normalized spacial score (nSPS) is 12.4. The second-order valence-electron chi connectivity index (χ2n) is 6.08. The molecule has 1 atom stereocenters. The molecule has 2 aromatic carbocycles. The summed E-state index contributed by atoms with van der Waals surface area (Å²) < 4.78 is 16.3. The zero-order valence-electron chi connectivity index (χ0n) is 14.2. The molecule has 0 amide bonds. The van der Waals surface area contributed by atoms with E-state index >= 15 is 0 Å². The number of benzene rings is 2. The third-order valence-electron chi connectivity index (χ3n) is 4.46. The first kappa shape index (κ1) is 16.2. The fourth-order valence-corrected chi connectivity index (χ4v) is 3.18. The zero-order chi connectivity index (χ0) is 18.1. The molecule has 2 heterocycles. The second-order valence-corrected chi connectivity index (χ2v) is 6.08. The minimum atomic E-state index is -0.391. The average molecular weight is 348 g/mol. The quantitative estimate of drug-likeness (QED) is 0.614. The van der Waals surface area contributed by atoms with E-state index in [9.17, 15) is 9.18 Å². The SMILES string of the molecule is CCc1nc2ccc(C(c3ccccc3F)n3ccnc3)cc2[nH]c1=O. The van der Waals surface area contributed by atoms with E-state index in [-0.39, 0.29) is 11.4 Å². The van der Waals surface area contributed by atoms with Crippen molar-refractivity contribution in [1.29, 1.82) is 0 Å². The summed E-state index contributed by atoms with van der Waals surface area (Å²) in [6.45, 7) is 1.89. The fourth-order valence-electron chi connectivity index (χ4n) is 3.18. The largest absolute Gasteiger partial charge is 0.326 e. The van der Waals surface area contributed by atoms with Gasteiger partial charge in [0.25, 0.3) is 5.56 Å². The van der Waals surface area contributed by atoms with Crippen LogP contribution in [0.25, 0.3) is 11.0 Å². The Hall–Kier alpha value is -3.28. The van der Waals surface area contributed by atoms with Gasteiger partial charge < -0.3 is 9.55 Å². The van der Waals surface area contributed by atoms with Gasteiger partial charge in [0.05, 0.1) is 23.4 Å². The topological polar surface area (TPSA) is 63.6 Å². The Balaban J connectivity index is 1.91. The van der Waals surface area contributed by atoms with Crippen LogP contribution in [0.5, 0.6) is 0 Å². The van der Waals surface area contributed by atoms with Gasteiger partial charge in [-0.2, -0.15) is 0 Å². The van der Waals surface area contributed by atoms with E-state index in [0.717, 1.165) is 5.56 Å². The Morgan fingerprint density at radius 1 is 1.23 bits per heavy atom. The highest BCUT2D eigenvalue weighted by Crippen LogP contribution is 2.29. The van der Waals surface area contributed by atoms with E-state index in [4.69, 9.17) is 0 Å². The lowest BCUT2D eigenvalue weighted by Gasteiger charge is -2.20. The zero-order valence-corrected chi connectivity index (χ0v) is 14.2. The summed E-state index contributed by atoms with van der Waals surface area (Å²) in [6.07, 6.45) is 5.68. The molecule has 0 spiro atoms. The number of aromatic amines is 1. The van der Waals surface area contributed by atoms with Crippen LogP contribution in [-0.2, 0) is 6.42 Å². The van der Waals surface area contributed by atoms with Gasteiger partial charge in [-0.25, -0.2) is 14.4 Å². The van der Waals surface area contributed by atoms with Gasteiger partial charge >= 0.3 is 0 Å². The van der Waals surface area contributed by atoms with Crippen LogP contribution in [0.2, 0.25) is 0 Å². The number of rotatable bonds is 4. The summed E-state index contributed by atoms with van der Waals surface area (Å²) in [7, 11) is 0. The van der Waals surface area contributed by atoms with Crippen molar-refractivity contribution in [3.63, 3.8) is 0 Å². The molecule has 4 aromatic rings.